The first-order valence-corrected chi connectivity index (χ1v) is 25.5. The first-order valence-electron chi connectivity index (χ1n) is 25.5. The van der Waals surface area contributed by atoms with Crippen molar-refractivity contribution in [2.24, 2.45) is 0 Å². The number of anilines is 2. The molecule has 0 radical (unpaired) electrons. The van der Waals surface area contributed by atoms with E-state index in [-0.39, 0.29) is 41.4 Å². The highest BCUT2D eigenvalue weighted by Gasteiger charge is 2.33. The number of carbonyl (C=O) groups excluding carboxylic acids is 3. The number of nitrogen functional groups attached to an aromatic ring is 2. The number of aliphatic hydroxyl groups excluding tert-OH is 1. The van der Waals surface area contributed by atoms with Gasteiger partial charge in [-0.25, -0.2) is 19.6 Å². The van der Waals surface area contributed by atoms with Crippen LogP contribution in [0.4, 0.5) is 21.2 Å². The lowest BCUT2D eigenvalue weighted by Gasteiger charge is -2.35. The van der Waals surface area contributed by atoms with Crippen molar-refractivity contribution in [1.82, 2.24) is 19.8 Å². The molecule has 2 aliphatic rings. The number of para-hydroxylation sites is 2. The Kier molecular flexibility index (Phi) is 17.7. The lowest BCUT2D eigenvalue weighted by Crippen LogP contribution is -2.42. The van der Waals surface area contributed by atoms with Crippen molar-refractivity contribution in [2.75, 3.05) is 37.6 Å². The largest absolute Gasteiger partial charge is 0.488 e. The second-order valence-corrected chi connectivity index (χ2v) is 21.1. The van der Waals surface area contributed by atoms with Gasteiger partial charge < -0.3 is 45.3 Å². The van der Waals surface area contributed by atoms with Crippen molar-refractivity contribution in [3.8, 4) is 34.0 Å². The van der Waals surface area contributed by atoms with Gasteiger partial charge in [-0.1, -0.05) is 84.9 Å². The maximum atomic E-state index is 12.8. The van der Waals surface area contributed by atoms with E-state index in [2.05, 4.69) is 9.97 Å². The average Bonchev–Trinajstić information content (AvgIpc) is 3.36. The van der Waals surface area contributed by atoms with E-state index in [1.807, 2.05) is 163 Å². The lowest BCUT2D eigenvalue weighted by molar-refractivity contribution is 0.0188. The minimum absolute atomic E-state index is 0.00711. The van der Waals surface area contributed by atoms with Crippen LogP contribution < -0.4 is 20.9 Å². The summed E-state index contributed by atoms with van der Waals surface area (Å²) in [6.45, 7) is 17.4. The molecule has 0 aliphatic carbocycles. The molecular weight excluding hydrogens is 933 g/mol. The Morgan fingerprint density at radius 1 is 0.622 bits per heavy atom. The molecule has 390 valence electrons. The van der Waals surface area contributed by atoms with Crippen LogP contribution in [0.25, 0.3) is 22.5 Å². The number of amides is 2. The van der Waals surface area contributed by atoms with Gasteiger partial charge in [-0.3, -0.25) is 4.79 Å². The molecule has 2 saturated heterocycles. The molecule has 3 atom stereocenters. The number of rotatable bonds is 12. The molecule has 6 aromatic rings. The van der Waals surface area contributed by atoms with Gasteiger partial charge in [0.15, 0.2) is 5.78 Å². The predicted molar refractivity (Wildman–Crippen MR) is 290 cm³/mol. The number of Topliss-reactive ketones (excluding diaryl/α,β-unsaturated/α-hetero) is 1. The van der Waals surface area contributed by atoms with E-state index in [1.54, 1.807) is 16.7 Å². The second-order valence-electron chi connectivity index (χ2n) is 21.1. The zero-order valence-corrected chi connectivity index (χ0v) is 44.1. The number of benzene rings is 4. The van der Waals surface area contributed by atoms with Crippen LogP contribution in [0.2, 0.25) is 0 Å². The molecule has 14 heteroatoms. The van der Waals surface area contributed by atoms with Crippen LogP contribution in [-0.4, -0.2) is 80.2 Å². The summed E-state index contributed by atoms with van der Waals surface area (Å²) in [5.74, 6) is 1.64. The van der Waals surface area contributed by atoms with Gasteiger partial charge in [-0.2, -0.15) is 0 Å². The zero-order valence-electron chi connectivity index (χ0n) is 44.1. The van der Waals surface area contributed by atoms with Gasteiger partial charge in [0, 0.05) is 54.7 Å². The van der Waals surface area contributed by atoms with E-state index in [1.165, 1.54) is 6.92 Å². The molecule has 0 bridgehead atoms. The first kappa shape index (κ1) is 54.3. The number of piperidine rings is 2. The fourth-order valence-electron chi connectivity index (χ4n) is 9.48. The third kappa shape index (κ3) is 14.4. The number of ketones is 1. The third-order valence-corrected chi connectivity index (χ3v) is 12.8. The van der Waals surface area contributed by atoms with Gasteiger partial charge in [-0.05, 0) is 140 Å². The molecular formula is C60H72N6O8. The predicted octanol–water partition coefficient (Wildman–Crippen LogP) is 12.3. The molecule has 2 amide bonds. The van der Waals surface area contributed by atoms with Crippen LogP contribution in [0.15, 0.2) is 121 Å². The van der Waals surface area contributed by atoms with Gasteiger partial charge >= 0.3 is 12.2 Å². The molecule has 8 rings (SSSR count). The molecule has 74 heavy (non-hydrogen) atoms. The third-order valence-electron chi connectivity index (χ3n) is 12.8. The van der Waals surface area contributed by atoms with E-state index in [0.29, 0.717) is 73.4 Å². The highest BCUT2D eigenvalue weighted by atomic mass is 16.6. The standard InChI is InChI=1S/C30H37N3O4.C30H35N3O4/c2*1-20(34)27-24(22-13-10-16-33(18-22)29(35)37-30(2,3)4)17-25(32-28(27)31)23-14-8-9-15-26(23)36-19-21-11-6-5-7-12-21/h5-9,11-12,14-15,17,20,22,34H,10,13,16,18-19H2,1-4H3,(H2,31,32);5-9,11-12,14-15,17,22H,10,13,16,18-19H2,1-4H3,(H2,31,32). The van der Waals surface area contributed by atoms with Crippen molar-refractivity contribution in [3.05, 3.63) is 155 Å². The number of ether oxygens (including phenoxy) is 4. The lowest BCUT2D eigenvalue weighted by atomic mass is 9.85. The summed E-state index contributed by atoms with van der Waals surface area (Å²) >= 11 is 0. The van der Waals surface area contributed by atoms with Crippen LogP contribution in [0.3, 0.4) is 0 Å². The Balaban J connectivity index is 0.000000216. The van der Waals surface area contributed by atoms with Gasteiger partial charge in [0.1, 0.15) is 47.6 Å². The Morgan fingerprint density at radius 3 is 1.46 bits per heavy atom. The van der Waals surface area contributed by atoms with Crippen molar-refractivity contribution in [3.63, 3.8) is 0 Å². The fourth-order valence-corrected chi connectivity index (χ4v) is 9.48. The monoisotopic (exact) mass is 1000 g/mol. The molecule has 4 aromatic carbocycles. The molecule has 2 aliphatic heterocycles. The Hall–Kier alpha value is -7.45. The van der Waals surface area contributed by atoms with Gasteiger partial charge in [-0.15, -0.1) is 0 Å². The van der Waals surface area contributed by atoms with Crippen LogP contribution in [0.5, 0.6) is 11.5 Å². The minimum Gasteiger partial charge on any atom is -0.488 e. The van der Waals surface area contributed by atoms with Gasteiger partial charge in [0.2, 0.25) is 0 Å². The SMILES string of the molecule is CC(=O)c1c(C2CCCN(C(=O)OC(C)(C)C)C2)cc(-c2ccccc2OCc2ccccc2)nc1N.CC(O)c1c(C2CCCN(C(=O)OC(C)(C)C)C2)cc(-c2ccccc2OCc2ccccc2)nc1N. The summed E-state index contributed by atoms with van der Waals surface area (Å²) in [7, 11) is 0. The molecule has 5 N–H and O–H groups in total. The van der Waals surface area contributed by atoms with E-state index in [9.17, 15) is 19.5 Å². The molecule has 14 nitrogen and oxygen atoms in total. The summed E-state index contributed by atoms with van der Waals surface area (Å²) in [4.78, 5) is 51.0. The molecule has 0 spiro atoms. The average molecular weight is 1010 g/mol. The Labute approximate surface area is 436 Å². The normalized spacial score (nSPS) is 16.3. The molecule has 4 heterocycles. The summed E-state index contributed by atoms with van der Waals surface area (Å²) in [6, 6.07) is 39.3. The van der Waals surface area contributed by atoms with E-state index in [4.69, 9.17) is 30.4 Å². The number of nitrogens with zero attached hydrogens (tertiary/aromatic N) is 4. The maximum absolute atomic E-state index is 12.8. The molecule has 0 saturated carbocycles. The number of aliphatic hydroxyl groups is 1. The number of pyridine rings is 2. The number of hydrogen-bond donors (Lipinski definition) is 3. The van der Waals surface area contributed by atoms with Crippen LogP contribution in [-0.2, 0) is 22.7 Å². The summed E-state index contributed by atoms with van der Waals surface area (Å²) in [6.07, 6.45) is 1.87. The van der Waals surface area contributed by atoms with Crippen molar-refractivity contribution < 1.29 is 38.4 Å². The van der Waals surface area contributed by atoms with Crippen molar-refractivity contribution >= 4 is 29.6 Å². The number of hydrogen-bond acceptors (Lipinski definition) is 12. The molecule has 2 fully saturated rings. The zero-order chi connectivity index (χ0) is 53.2. The van der Waals surface area contributed by atoms with Crippen LogP contribution in [0, 0.1) is 0 Å². The number of carbonyl (C=O) groups is 3. The van der Waals surface area contributed by atoms with Crippen LogP contribution in [0.1, 0.15) is 137 Å². The topological polar surface area (TPSA) is 193 Å². The highest BCUT2D eigenvalue weighted by molar-refractivity contribution is 6.00. The second kappa shape index (κ2) is 24.1. The summed E-state index contributed by atoms with van der Waals surface area (Å²) in [5, 5.41) is 10.6. The quantitative estimate of drug-likeness (QED) is 0.0984. The number of likely N-dealkylation sites (tertiary alicyclic amines) is 2. The van der Waals surface area contributed by atoms with E-state index >= 15 is 0 Å². The summed E-state index contributed by atoms with van der Waals surface area (Å²) in [5.41, 5.74) is 19.5. The van der Waals surface area contributed by atoms with Crippen molar-refractivity contribution in [1.29, 1.82) is 0 Å². The Bertz CT molecular complexity index is 2880. The number of nitrogens with two attached hydrogens (primary N) is 2. The number of aromatic nitrogens is 2. The van der Waals surface area contributed by atoms with Crippen molar-refractivity contribution in [2.45, 2.75) is 123 Å². The fraction of sp³-hybridized carbons (Fsp3) is 0.383. The molecule has 2 aromatic heterocycles. The highest BCUT2D eigenvalue weighted by Crippen LogP contribution is 2.40. The summed E-state index contributed by atoms with van der Waals surface area (Å²) < 4.78 is 23.6. The smallest absolute Gasteiger partial charge is 0.410 e. The van der Waals surface area contributed by atoms with Gasteiger partial charge in [0.25, 0.3) is 0 Å². The van der Waals surface area contributed by atoms with E-state index < -0.39 is 17.3 Å². The van der Waals surface area contributed by atoms with Gasteiger partial charge in [0.05, 0.1) is 23.1 Å². The maximum Gasteiger partial charge on any atom is 0.410 e. The molecule has 3 unspecified atom stereocenters. The minimum atomic E-state index is -0.793. The van der Waals surface area contributed by atoms with E-state index in [0.717, 1.165) is 59.1 Å². The Morgan fingerprint density at radius 2 is 1.03 bits per heavy atom. The first-order chi connectivity index (χ1) is 35.2. The van der Waals surface area contributed by atoms with Crippen LogP contribution >= 0.6 is 0 Å².